The van der Waals surface area contributed by atoms with Crippen molar-refractivity contribution in [1.82, 2.24) is 15.3 Å². The summed E-state index contributed by atoms with van der Waals surface area (Å²) in [5.74, 6) is 0.368. The average Bonchev–Trinajstić information content (AvgIpc) is 2.64. The fraction of sp³-hybridized carbons (Fsp3) is 0.105. The summed E-state index contributed by atoms with van der Waals surface area (Å²) in [6.45, 7) is 0.416. The van der Waals surface area contributed by atoms with Gasteiger partial charge < -0.3 is 10.1 Å². The first-order valence-electron chi connectivity index (χ1n) is 7.55. The van der Waals surface area contributed by atoms with E-state index in [4.69, 9.17) is 4.74 Å². The highest BCUT2D eigenvalue weighted by molar-refractivity contribution is 5.95. The second-order valence-electron chi connectivity index (χ2n) is 5.17. The molecular formula is C19H17N3O2. The van der Waals surface area contributed by atoms with Gasteiger partial charge in [0.1, 0.15) is 0 Å². The number of hydrogen-bond donors (Lipinski definition) is 1. The van der Waals surface area contributed by atoms with Gasteiger partial charge in [0, 0.05) is 36.5 Å². The molecule has 0 fully saturated rings. The molecule has 120 valence electrons. The first-order valence-corrected chi connectivity index (χ1v) is 7.55. The van der Waals surface area contributed by atoms with E-state index in [-0.39, 0.29) is 5.91 Å². The van der Waals surface area contributed by atoms with Crippen molar-refractivity contribution in [2.45, 2.75) is 6.54 Å². The number of benzene rings is 1. The number of methoxy groups -OCH3 is 1. The highest BCUT2D eigenvalue weighted by atomic mass is 16.5. The number of nitrogens with zero attached hydrogens (tertiary/aromatic N) is 2. The summed E-state index contributed by atoms with van der Waals surface area (Å²) in [5.41, 5.74) is 2.79. The quantitative estimate of drug-likeness (QED) is 0.734. The van der Waals surface area contributed by atoms with Crippen LogP contribution in [0.2, 0.25) is 0 Å². The van der Waals surface area contributed by atoms with Gasteiger partial charge in [-0.25, -0.2) is 4.98 Å². The van der Waals surface area contributed by atoms with E-state index >= 15 is 0 Å². The maximum absolute atomic E-state index is 12.0. The number of hydrogen-bond acceptors (Lipinski definition) is 4. The first kappa shape index (κ1) is 15.7. The molecule has 1 aromatic carbocycles. The summed E-state index contributed by atoms with van der Waals surface area (Å²) in [5, 5.41) is 3.86. The maximum Gasteiger partial charge on any atom is 0.244 e. The zero-order valence-corrected chi connectivity index (χ0v) is 13.3. The fourth-order valence-corrected chi connectivity index (χ4v) is 2.35. The van der Waals surface area contributed by atoms with Gasteiger partial charge in [0.25, 0.3) is 0 Å². The number of ether oxygens (including phenoxy) is 1. The Morgan fingerprint density at radius 3 is 2.88 bits per heavy atom. The molecule has 3 aromatic rings. The molecule has 24 heavy (non-hydrogen) atoms. The van der Waals surface area contributed by atoms with Crippen LogP contribution in [0, 0.1) is 0 Å². The van der Waals surface area contributed by atoms with Crippen LogP contribution in [0.5, 0.6) is 5.88 Å². The third-order valence-corrected chi connectivity index (χ3v) is 3.57. The standard InChI is InChI=1S/C19H17N3O2/c1-24-19-12-14(8-10-21-19)13-22-18(23)7-6-15-9-11-20-17-5-3-2-4-16(15)17/h2-12H,13H2,1H3,(H,22,23)/b7-6+. The van der Waals surface area contributed by atoms with E-state index in [2.05, 4.69) is 15.3 Å². The van der Waals surface area contributed by atoms with Crippen LogP contribution in [0.25, 0.3) is 17.0 Å². The highest BCUT2D eigenvalue weighted by Gasteiger charge is 2.01. The molecule has 0 unspecified atom stereocenters. The molecule has 0 bridgehead atoms. The molecule has 0 atom stereocenters. The van der Waals surface area contributed by atoms with Crippen molar-refractivity contribution in [3.63, 3.8) is 0 Å². The predicted octanol–water partition coefficient (Wildman–Crippen LogP) is 2.97. The Kier molecular flexibility index (Phi) is 4.81. The van der Waals surface area contributed by atoms with E-state index < -0.39 is 0 Å². The Balaban J connectivity index is 1.66. The number of rotatable bonds is 5. The van der Waals surface area contributed by atoms with Crippen molar-refractivity contribution in [2.24, 2.45) is 0 Å². The topological polar surface area (TPSA) is 64.1 Å². The minimum absolute atomic E-state index is 0.160. The van der Waals surface area contributed by atoms with Crippen LogP contribution in [-0.2, 0) is 11.3 Å². The summed E-state index contributed by atoms with van der Waals surface area (Å²) in [4.78, 5) is 20.4. The number of fused-ring (bicyclic) bond motifs is 1. The Bertz CT molecular complexity index is 885. The largest absolute Gasteiger partial charge is 0.481 e. The van der Waals surface area contributed by atoms with E-state index in [9.17, 15) is 4.79 Å². The Labute approximate surface area is 140 Å². The van der Waals surface area contributed by atoms with Crippen molar-refractivity contribution in [3.05, 3.63) is 72.1 Å². The van der Waals surface area contributed by atoms with Crippen LogP contribution in [0.1, 0.15) is 11.1 Å². The number of pyridine rings is 2. The lowest BCUT2D eigenvalue weighted by molar-refractivity contribution is -0.116. The molecule has 0 aliphatic heterocycles. The van der Waals surface area contributed by atoms with Gasteiger partial charge in [-0.2, -0.15) is 0 Å². The first-order chi connectivity index (χ1) is 11.8. The van der Waals surface area contributed by atoms with Crippen LogP contribution < -0.4 is 10.1 Å². The van der Waals surface area contributed by atoms with E-state index in [0.717, 1.165) is 22.0 Å². The summed E-state index contributed by atoms with van der Waals surface area (Å²) in [6.07, 6.45) is 6.72. The highest BCUT2D eigenvalue weighted by Crippen LogP contribution is 2.17. The van der Waals surface area contributed by atoms with Crippen LogP contribution >= 0.6 is 0 Å². The van der Waals surface area contributed by atoms with Gasteiger partial charge in [-0.05, 0) is 35.4 Å². The lowest BCUT2D eigenvalue weighted by Crippen LogP contribution is -2.20. The smallest absolute Gasteiger partial charge is 0.244 e. The van der Waals surface area contributed by atoms with E-state index in [1.165, 1.54) is 6.08 Å². The van der Waals surface area contributed by atoms with Crippen molar-refractivity contribution in [2.75, 3.05) is 7.11 Å². The summed E-state index contributed by atoms with van der Waals surface area (Å²) in [7, 11) is 1.56. The number of amides is 1. The zero-order chi connectivity index (χ0) is 16.8. The molecule has 0 aliphatic carbocycles. The van der Waals surface area contributed by atoms with E-state index in [1.54, 1.807) is 31.6 Å². The van der Waals surface area contributed by atoms with Crippen LogP contribution in [-0.4, -0.2) is 23.0 Å². The monoisotopic (exact) mass is 319 g/mol. The molecule has 0 spiro atoms. The third-order valence-electron chi connectivity index (χ3n) is 3.57. The molecule has 5 heteroatoms. The van der Waals surface area contributed by atoms with Crippen molar-refractivity contribution < 1.29 is 9.53 Å². The molecule has 0 aliphatic rings. The van der Waals surface area contributed by atoms with Gasteiger partial charge in [0.2, 0.25) is 11.8 Å². The normalized spacial score (nSPS) is 10.9. The molecular weight excluding hydrogens is 302 g/mol. The average molecular weight is 319 g/mol. The molecule has 5 nitrogen and oxygen atoms in total. The van der Waals surface area contributed by atoms with Crippen molar-refractivity contribution in [3.8, 4) is 5.88 Å². The molecule has 1 N–H and O–H groups in total. The van der Waals surface area contributed by atoms with Gasteiger partial charge >= 0.3 is 0 Å². The van der Waals surface area contributed by atoms with Gasteiger partial charge in [0.05, 0.1) is 12.6 Å². The minimum atomic E-state index is -0.160. The Hall–Kier alpha value is -3.21. The fourth-order valence-electron chi connectivity index (χ4n) is 2.35. The molecule has 0 radical (unpaired) electrons. The van der Waals surface area contributed by atoms with Crippen LogP contribution in [0.3, 0.4) is 0 Å². The molecule has 3 rings (SSSR count). The van der Waals surface area contributed by atoms with Gasteiger partial charge in [-0.3, -0.25) is 9.78 Å². The Morgan fingerprint density at radius 1 is 1.17 bits per heavy atom. The number of aromatic nitrogens is 2. The van der Waals surface area contributed by atoms with Crippen molar-refractivity contribution in [1.29, 1.82) is 0 Å². The summed E-state index contributed by atoms with van der Waals surface area (Å²) in [6, 6.07) is 13.4. The summed E-state index contributed by atoms with van der Waals surface area (Å²) >= 11 is 0. The van der Waals surface area contributed by atoms with Crippen molar-refractivity contribution >= 4 is 22.9 Å². The lowest BCUT2D eigenvalue weighted by atomic mass is 10.1. The Morgan fingerprint density at radius 2 is 2.00 bits per heavy atom. The van der Waals surface area contributed by atoms with Crippen LogP contribution in [0.15, 0.2) is 60.9 Å². The lowest BCUT2D eigenvalue weighted by Gasteiger charge is -2.04. The third kappa shape index (κ3) is 3.76. The van der Waals surface area contributed by atoms with Gasteiger partial charge in [-0.1, -0.05) is 18.2 Å². The predicted molar refractivity (Wildman–Crippen MR) is 93.4 cm³/mol. The molecule has 1 amide bonds. The van der Waals surface area contributed by atoms with Crippen LogP contribution in [0.4, 0.5) is 0 Å². The van der Waals surface area contributed by atoms with Gasteiger partial charge in [0.15, 0.2) is 0 Å². The minimum Gasteiger partial charge on any atom is -0.481 e. The van der Waals surface area contributed by atoms with E-state index in [1.807, 2.05) is 36.4 Å². The number of carbonyl (C=O) groups excluding carboxylic acids is 1. The number of para-hydroxylation sites is 1. The molecule has 0 saturated heterocycles. The molecule has 0 saturated carbocycles. The zero-order valence-electron chi connectivity index (χ0n) is 13.3. The number of carbonyl (C=O) groups is 1. The molecule has 2 heterocycles. The summed E-state index contributed by atoms with van der Waals surface area (Å²) < 4.78 is 5.06. The van der Waals surface area contributed by atoms with E-state index in [0.29, 0.717) is 12.4 Å². The maximum atomic E-state index is 12.0. The second-order valence-corrected chi connectivity index (χ2v) is 5.17. The SMILES string of the molecule is COc1cc(CNC(=O)/C=C/c2ccnc3ccccc23)ccn1. The van der Waals surface area contributed by atoms with Gasteiger partial charge in [-0.15, -0.1) is 0 Å². The number of nitrogens with one attached hydrogen (secondary N) is 1. The second kappa shape index (κ2) is 7.37. The molecule has 2 aromatic heterocycles.